The smallest absolute Gasteiger partial charge is 0.240 e. The number of anilines is 1. The first-order chi connectivity index (χ1) is 18.0. The molecule has 0 spiro atoms. The Kier molecular flexibility index (Phi) is 8.49. The Balaban J connectivity index is 1.94. The van der Waals surface area contributed by atoms with Crippen molar-refractivity contribution in [2.45, 2.75) is 31.4 Å². The van der Waals surface area contributed by atoms with Crippen molar-refractivity contribution in [2.24, 2.45) is 0 Å². The molecule has 38 heavy (non-hydrogen) atoms. The topological polar surface area (TPSA) is 70.5 Å². The van der Waals surface area contributed by atoms with Crippen molar-refractivity contribution in [2.75, 3.05) is 44.4 Å². The highest BCUT2D eigenvalue weighted by molar-refractivity contribution is 8.00. The normalized spacial score (nSPS) is 15.9. The monoisotopic (exact) mass is 557 g/mol. The molecule has 2 aromatic carbocycles. The van der Waals surface area contributed by atoms with Crippen LogP contribution in [0.1, 0.15) is 42.8 Å². The van der Waals surface area contributed by atoms with Gasteiger partial charge in [-0.15, -0.1) is 11.8 Å². The number of nitrogens with zero attached hydrogens (tertiary/aromatic N) is 4. The molecule has 3 aromatic rings. The maximum absolute atomic E-state index is 14.4. The lowest BCUT2D eigenvalue weighted by Crippen LogP contribution is -2.43. The Labute approximate surface area is 232 Å². The first-order valence-electron chi connectivity index (χ1n) is 12.4. The molecule has 1 aliphatic heterocycles. The lowest BCUT2D eigenvalue weighted by atomic mass is 9.87. The molecule has 1 aromatic heterocycles. The Morgan fingerprint density at radius 1 is 1.21 bits per heavy atom. The van der Waals surface area contributed by atoms with Crippen LogP contribution in [0.2, 0.25) is 5.02 Å². The fourth-order valence-corrected chi connectivity index (χ4v) is 5.96. The van der Waals surface area contributed by atoms with Crippen molar-refractivity contribution >= 4 is 41.0 Å². The van der Waals surface area contributed by atoms with Crippen LogP contribution >= 0.6 is 23.4 Å². The van der Waals surface area contributed by atoms with Crippen LogP contribution in [0.15, 0.2) is 48.5 Å². The van der Waals surface area contributed by atoms with Gasteiger partial charge >= 0.3 is 0 Å². The van der Waals surface area contributed by atoms with Gasteiger partial charge in [0.25, 0.3) is 0 Å². The highest BCUT2D eigenvalue weighted by Gasteiger charge is 2.40. The van der Waals surface area contributed by atoms with Crippen molar-refractivity contribution in [3.05, 3.63) is 76.2 Å². The molecule has 1 atom stereocenters. The molecule has 10 heteroatoms. The average molecular weight is 558 g/mol. The van der Waals surface area contributed by atoms with Crippen LogP contribution in [0.4, 0.5) is 10.2 Å². The Hall–Kier alpha value is -2.88. The number of hydrogen-bond acceptors (Lipinski definition) is 5. The molecule has 4 rings (SSSR count). The van der Waals surface area contributed by atoms with Crippen LogP contribution in [0, 0.1) is 5.82 Å². The van der Waals surface area contributed by atoms with Gasteiger partial charge in [-0.25, -0.2) is 9.07 Å². The number of benzene rings is 2. The quantitative estimate of drug-likeness (QED) is 0.451. The van der Waals surface area contributed by atoms with E-state index in [-0.39, 0.29) is 29.4 Å². The third-order valence-electron chi connectivity index (χ3n) is 6.22. The number of hydrogen-bond donors (Lipinski definition) is 1. The number of fused-ring (bicyclic) bond motifs is 1. The zero-order chi connectivity index (χ0) is 27.6. The summed E-state index contributed by atoms with van der Waals surface area (Å²) in [5.41, 5.74) is 2.45. The van der Waals surface area contributed by atoms with E-state index in [1.165, 1.54) is 28.8 Å². The summed E-state index contributed by atoms with van der Waals surface area (Å²) >= 11 is 8.13. The van der Waals surface area contributed by atoms with Crippen LogP contribution in [-0.2, 0) is 15.0 Å². The SMILES string of the molecule is CN(C)CCNC(=O)CN1C(=O)CSC(c2ccccc2Cl)c2c(C(C)(C)C)nn(-c3cccc(F)c3)c21. The second kappa shape index (κ2) is 11.5. The van der Waals surface area contributed by atoms with Gasteiger partial charge in [0, 0.05) is 29.1 Å². The van der Waals surface area contributed by atoms with E-state index < -0.39 is 11.2 Å². The molecule has 1 aliphatic rings. The third-order valence-corrected chi connectivity index (χ3v) is 7.80. The number of rotatable bonds is 7. The molecule has 2 amide bonds. The van der Waals surface area contributed by atoms with Crippen molar-refractivity contribution in [1.82, 2.24) is 20.0 Å². The van der Waals surface area contributed by atoms with E-state index in [2.05, 4.69) is 5.32 Å². The van der Waals surface area contributed by atoms with Gasteiger partial charge in [-0.05, 0) is 43.9 Å². The van der Waals surface area contributed by atoms with Crippen LogP contribution < -0.4 is 10.2 Å². The summed E-state index contributed by atoms with van der Waals surface area (Å²) in [6.07, 6.45) is 0. The summed E-state index contributed by atoms with van der Waals surface area (Å²) in [4.78, 5) is 30.1. The predicted octanol–water partition coefficient (Wildman–Crippen LogP) is 4.81. The first kappa shape index (κ1) is 28.1. The minimum absolute atomic E-state index is 0.141. The van der Waals surface area contributed by atoms with Gasteiger partial charge < -0.3 is 10.2 Å². The van der Waals surface area contributed by atoms with Crippen molar-refractivity contribution in [1.29, 1.82) is 0 Å². The van der Waals surface area contributed by atoms with E-state index in [9.17, 15) is 14.0 Å². The lowest BCUT2D eigenvalue weighted by molar-refractivity contribution is -0.122. The van der Waals surface area contributed by atoms with Gasteiger partial charge in [0.1, 0.15) is 18.2 Å². The summed E-state index contributed by atoms with van der Waals surface area (Å²) in [7, 11) is 3.85. The summed E-state index contributed by atoms with van der Waals surface area (Å²) in [5.74, 6) is -0.331. The fourth-order valence-electron chi connectivity index (χ4n) is 4.41. The average Bonchev–Trinajstić information content (AvgIpc) is 3.18. The summed E-state index contributed by atoms with van der Waals surface area (Å²) in [6, 6.07) is 13.6. The summed E-state index contributed by atoms with van der Waals surface area (Å²) in [6.45, 7) is 7.08. The van der Waals surface area contributed by atoms with Crippen molar-refractivity contribution < 1.29 is 14.0 Å². The summed E-state index contributed by atoms with van der Waals surface area (Å²) in [5, 5.41) is 8.12. The molecule has 1 unspecified atom stereocenters. The number of amides is 2. The second-order valence-electron chi connectivity index (χ2n) is 10.6. The number of carbonyl (C=O) groups excluding carboxylic acids is 2. The fraction of sp³-hybridized carbons (Fsp3) is 0.393. The number of carbonyl (C=O) groups is 2. The van der Waals surface area contributed by atoms with Gasteiger partial charge in [0.2, 0.25) is 11.8 Å². The zero-order valence-electron chi connectivity index (χ0n) is 22.3. The molecular formula is C28H33ClFN5O2S. The number of thioether (sulfide) groups is 1. The third kappa shape index (κ3) is 6.06. The van der Waals surface area contributed by atoms with Gasteiger partial charge in [-0.2, -0.15) is 5.10 Å². The van der Waals surface area contributed by atoms with E-state index in [1.807, 2.05) is 64.0 Å². The van der Waals surface area contributed by atoms with E-state index in [1.54, 1.807) is 16.8 Å². The van der Waals surface area contributed by atoms with E-state index in [0.717, 1.165) is 16.8 Å². The van der Waals surface area contributed by atoms with Crippen molar-refractivity contribution in [3.8, 4) is 5.69 Å². The molecule has 2 heterocycles. The van der Waals surface area contributed by atoms with Crippen molar-refractivity contribution in [3.63, 3.8) is 0 Å². The Morgan fingerprint density at radius 3 is 2.61 bits per heavy atom. The molecular weight excluding hydrogens is 525 g/mol. The maximum atomic E-state index is 14.4. The van der Waals surface area contributed by atoms with E-state index in [0.29, 0.717) is 29.6 Å². The second-order valence-corrected chi connectivity index (χ2v) is 12.1. The number of aromatic nitrogens is 2. The molecule has 0 radical (unpaired) electrons. The zero-order valence-corrected chi connectivity index (χ0v) is 23.9. The molecule has 1 N–H and O–H groups in total. The lowest BCUT2D eigenvalue weighted by Gasteiger charge is -2.25. The van der Waals surface area contributed by atoms with E-state index >= 15 is 0 Å². The van der Waals surface area contributed by atoms with E-state index in [4.69, 9.17) is 16.7 Å². The number of halogens is 2. The van der Waals surface area contributed by atoms with Crippen LogP contribution in [-0.4, -0.2) is 66.0 Å². The van der Waals surface area contributed by atoms with Gasteiger partial charge in [0.15, 0.2) is 0 Å². The minimum Gasteiger partial charge on any atom is -0.353 e. The van der Waals surface area contributed by atoms with Gasteiger partial charge in [-0.1, -0.05) is 56.6 Å². The van der Waals surface area contributed by atoms with Crippen LogP contribution in [0.5, 0.6) is 0 Å². The summed E-state index contributed by atoms with van der Waals surface area (Å²) < 4.78 is 16.0. The largest absolute Gasteiger partial charge is 0.353 e. The molecule has 0 saturated carbocycles. The maximum Gasteiger partial charge on any atom is 0.240 e. The molecule has 0 bridgehead atoms. The van der Waals surface area contributed by atoms with Crippen LogP contribution in [0.3, 0.4) is 0 Å². The number of likely N-dealkylation sites (N-methyl/N-ethyl adjacent to an activating group) is 1. The molecule has 202 valence electrons. The highest BCUT2D eigenvalue weighted by Crippen LogP contribution is 2.49. The standard InChI is InChI=1S/C28H33ClFN5O2S/c1-28(2,3)26-24-25(20-11-6-7-12-21(20)29)38-17-23(37)34(16-22(36)31-13-14-33(4)5)27(24)35(32-26)19-10-8-9-18(30)15-19/h6-12,15,25H,13-14,16-17H2,1-5H3,(H,31,36). The first-order valence-corrected chi connectivity index (χ1v) is 13.9. The predicted molar refractivity (Wildman–Crippen MR) is 152 cm³/mol. The molecule has 0 saturated heterocycles. The Morgan fingerprint density at radius 2 is 1.95 bits per heavy atom. The Bertz CT molecular complexity index is 1340. The molecule has 7 nitrogen and oxygen atoms in total. The van der Waals surface area contributed by atoms with Gasteiger partial charge in [0.05, 0.1) is 22.4 Å². The molecule has 0 aliphatic carbocycles. The minimum atomic E-state index is -0.422. The van der Waals surface area contributed by atoms with Gasteiger partial charge in [-0.3, -0.25) is 14.5 Å². The number of nitrogens with one attached hydrogen (secondary N) is 1. The molecule has 0 fully saturated rings. The van der Waals surface area contributed by atoms with Crippen LogP contribution in [0.25, 0.3) is 5.69 Å². The highest BCUT2D eigenvalue weighted by atomic mass is 35.5.